The Morgan fingerprint density at radius 2 is 1.96 bits per heavy atom. The topological polar surface area (TPSA) is 104 Å². The molecule has 0 aliphatic carbocycles. The lowest BCUT2D eigenvalue weighted by Crippen LogP contribution is -2.17. The van der Waals surface area contributed by atoms with E-state index < -0.39 is 10.0 Å². The summed E-state index contributed by atoms with van der Waals surface area (Å²) in [4.78, 5) is 8.24. The first-order valence-corrected chi connectivity index (χ1v) is 9.20. The van der Waals surface area contributed by atoms with E-state index in [-0.39, 0.29) is 16.1 Å². The average molecular weight is 349 g/mol. The van der Waals surface area contributed by atoms with E-state index in [9.17, 15) is 8.42 Å². The molecule has 0 unspecified atom stereocenters. The van der Waals surface area contributed by atoms with Gasteiger partial charge in [-0.2, -0.15) is 13.4 Å². The van der Waals surface area contributed by atoms with Gasteiger partial charge >= 0.3 is 0 Å². The predicted octanol–water partition coefficient (Wildman–Crippen LogP) is 2.15. The number of hydrogen-bond donors (Lipinski definition) is 1. The molecule has 0 fully saturated rings. The number of fused-ring (bicyclic) bond motifs is 1. The molecule has 120 valence electrons. The molecule has 0 saturated carbocycles. The molecule has 3 aromatic rings. The number of aromatic nitrogens is 4. The summed E-state index contributed by atoms with van der Waals surface area (Å²) in [5.74, 6) is -0.166. The maximum atomic E-state index is 12.9. The van der Waals surface area contributed by atoms with Crippen molar-refractivity contribution in [3.63, 3.8) is 0 Å². The zero-order valence-corrected chi connectivity index (χ0v) is 14.2. The lowest BCUT2D eigenvalue weighted by molar-refractivity contribution is 0.580. The Morgan fingerprint density at radius 3 is 2.70 bits per heavy atom. The molecular formula is C14H15N5O2S2. The third-order valence-corrected chi connectivity index (χ3v) is 5.49. The fraction of sp³-hybridized carbons (Fsp3) is 0.214. The highest BCUT2D eigenvalue weighted by Gasteiger charge is 2.25. The first-order valence-electron chi connectivity index (χ1n) is 6.88. The second kappa shape index (κ2) is 5.82. The van der Waals surface area contributed by atoms with Crippen molar-refractivity contribution in [2.75, 3.05) is 5.73 Å². The monoisotopic (exact) mass is 349 g/mol. The largest absolute Gasteiger partial charge is 0.367 e. The minimum atomic E-state index is -3.97. The molecule has 7 nitrogen and oxygen atoms in total. The fourth-order valence-corrected chi connectivity index (χ4v) is 4.18. The lowest BCUT2D eigenvalue weighted by Gasteiger charge is -2.07. The molecule has 0 amide bonds. The minimum Gasteiger partial charge on any atom is -0.367 e. The number of para-hydroxylation sites is 1. The van der Waals surface area contributed by atoms with Gasteiger partial charge < -0.3 is 5.73 Å². The summed E-state index contributed by atoms with van der Waals surface area (Å²) < 4.78 is 26.6. The van der Waals surface area contributed by atoms with E-state index in [4.69, 9.17) is 5.73 Å². The second-order valence-corrected chi connectivity index (χ2v) is 8.38. The van der Waals surface area contributed by atoms with Gasteiger partial charge in [0.05, 0.1) is 5.52 Å². The summed E-state index contributed by atoms with van der Waals surface area (Å²) in [6.45, 7) is 3.93. The van der Waals surface area contributed by atoms with Gasteiger partial charge in [-0.1, -0.05) is 43.8 Å². The Balaban J connectivity index is 2.16. The van der Waals surface area contributed by atoms with Crippen LogP contribution in [-0.2, 0) is 10.0 Å². The number of nitrogens with two attached hydrogens (primary N) is 1. The quantitative estimate of drug-likeness (QED) is 0.720. The molecule has 9 heteroatoms. The summed E-state index contributed by atoms with van der Waals surface area (Å²) in [7, 11) is -3.97. The normalized spacial score (nSPS) is 12.1. The molecule has 2 N–H and O–H groups in total. The number of thioether (sulfide) groups is 1. The molecule has 0 radical (unpaired) electrons. The van der Waals surface area contributed by atoms with E-state index in [1.807, 2.05) is 13.8 Å². The van der Waals surface area contributed by atoms with Crippen LogP contribution in [0.1, 0.15) is 13.8 Å². The van der Waals surface area contributed by atoms with Crippen LogP contribution in [0.25, 0.3) is 10.9 Å². The number of nitrogens with zero attached hydrogens (tertiary/aromatic N) is 4. The Kier molecular flexibility index (Phi) is 3.99. The van der Waals surface area contributed by atoms with Crippen molar-refractivity contribution in [2.45, 2.75) is 29.1 Å². The third kappa shape index (κ3) is 2.89. The van der Waals surface area contributed by atoms with Crippen LogP contribution in [0.2, 0.25) is 0 Å². The van der Waals surface area contributed by atoms with Gasteiger partial charge in [-0.15, -0.1) is 9.19 Å². The van der Waals surface area contributed by atoms with Gasteiger partial charge in [-0.3, -0.25) is 4.98 Å². The Bertz CT molecular complexity index is 961. The van der Waals surface area contributed by atoms with Gasteiger partial charge in [0.1, 0.15) is 4.90 Å². The van der Waals surface area contributed by atoms with Crippen molar-refractivity contribution in [2.24, 2.45) is 0 Å². The highest BCUT2D eigenvalue weighted by molar-refractivity contribution is 7.99. The van der Waals surface area contributed by atoms with Crippen molar-refractivity contribution in [1.82, 2.24) is 19.2 Å². The van der Waals surface area contributed by atoms with Gasteiger partial charge in [-0.05, 0) is 12.1 Å². The van der Waals surface area contributed by atoms with Crippen LogP contribution in [-0.4, -0.2) is 32.8 Å². The smallest absolute Gasteiger partial charge is 0.288 e. The molecule has 23 heavy (non-hydrogen) atoms. The van der Waals surface area contributed by atoms with Crippen LogP contribution in [0.4, 0.5) is 5.95 Å². The van der Waals surface area contributed by atoms with Crippen molar-refractivity contribution in [1.29, 1.82) is 0 Å². The van der Waals surface area contributed by atoms with Crippen molar-refractivity contribution in [3.8, 4) is 0 Å². The molecule has 3 rings (SSSR count). The number of anilines is 1. The summed E-state index contributed by atoms with van der Waals surface area (Å²) in [6, 6.07) is 8.49. The minimum absolute atomic E-state index is 0.0493. The van der Waals surface area contributed by atoms with Crippen LogP contribution in [0.15, 0.2) is 46.6 Å². The summed E-state index contributed by atoms with van der Waals surface area (Å²) >= 11 is 1.35. The first-order chi connectivity index (χ1) is 10.9. The zero-order valence-electron chi connectivity index (χ0n) is 12.5. The van der Waals surface area contributed by atoms with Gasteiger partial charge in [0, 0.05) is 16.8 Å². The summed E-state index contributed by atoms with van der Waals surface area (Å²) in [5, 5.41) is 5.30. The number of benzene rings is 1. The summed E-state index contributed by atoms with van der Waals surface area (Å²) in [6.07, 6.45) is 1.55. The van der Waals surface area contributed by atoms with E-state index in [1.54, 1.807) is 30.5 Å². The van der Waals surface area contributed by atoms with Crippen LogP contribution in [0.5, 0.6) is 0 Å². The Morgan fingerprint density at radius 1 is 1.22 bits per heavy atom. The highest BCUT2D eigenvalue weighted by Crippen LogP contribution is 2.26. The molecule has 0 atom stereocenters. The van der Waals surface area contributed by atoms with E-state index in [0.29, 0.717) is 10.7 Å². The first kappa shape index (κ1) is 15.8. The molecule has 0 aliphatic rings. The maximum Gasteiger partial charge on any atom is 0.288 e. The third-order valence-electron chi connectivity index (χ3n) is 3.02. The number of nitrogen functional groups attached to an aromatic ring is 1. The molecule has 0 bridgehead atoms. The average Bonchev–Trinajstić information content (AvgIpc) is 2.87. The molecule has 1 aromatic carbocycles. The Labute approximate surface area is 138 Å². The molecule has 2 heterocycles. The van der Waals surface area contributed by atoms with Crippen molar-refractivity contribution >= 4 is 38.6 Å². The van der Waals surface area contributed by atoms with Gasteiger partial charge in [0.25, 0.3) is 10.0 Å². The molecule has 0 aliphatic heterocycles. The number of hydrogen-bond acceptors (Lipinski definition) is 7. The van der Waals surface area contributed by atoms with Crippen LogP contribution < -0.4 is 5.73 Å². The summed E-state index contributed by atoms with van der Waals surface area (Å²) in [5.41, 5.74) is 6.14. The highest BCUT2D eigenvalue weighted by atomic mass is 32.2. The Hall–Kier alpha value is -2.13. The molecule has 2 aromatic heterocycles. The van der Waals surface area contributed by atoms with E-state index >= 15 is 0 Å². The van der Waals surface area contributed by atoms with E-state index in [1.165, 1.54) is 17.8 Å². The standard InChI is InChI=1S/C14H15N5O2S2/c1-9(2)22-14-17-13(15)19(18-14)23(20,21)11-7-3-5-10-6-4-8-16-12(10)11/h3-9H,1-2H3,(H2,15,17,18). The molecular weight excluding hydrogens is 334 g/mol. The van der Waals surface area contributed by atoms with Crippen LogP contribution in [0.3, 0.4) is 0 Å². The van der Waals surface area contributed by atoms with Crippen molar-refractivity contribution in [3.05, 3.63) is 36.5 Å². The van der Waals surface area contributed by atoms with Gasteiger partial charge in [0.2, 0.25) is 11.1 Å². The second-order valence-electron chi connectivity index (χ2n) is 5.10. The zero-order chi connectivity index (χ0) is 16.6. The van der Waals surface area contributed by atoms with Gasteiger partial charge in [-0.25, -0.2) is 0 Å². The predicted molar refractivity (Wildman–Crippen MR) is 89.8 cm³/mol. The van der Waals surface area contributed by atoms with Crippen LogP contribution in [0, 0.1) is 0 Å². The van der Waals surface area contributed by atoms with Crippen molar-refractivity contribution < 1.29 is 8.42 Å². The molecule has 0 spiro atoms. The number of rotatable bonds is 4. The lowest BCUT2D eigenvalue weighted by atomic mass is 10.2. The van der Waals surface area contributed by atoms with E-state index in [2.05, 4.69) is 15.1 Å². The SMILES string of the molecule is CC(C)Sc1nc(N)n(S(=O)(=O)c2cccc3cccnc23)n1. The molecule has 0 saturated heterocycles. The number of pyridine rings is 1. The van der Waals surface area contributed by atoms with Crippen LogP contribution >= 0.6 is 11.8 Å². The van der Waals surface area contributed by atoms with E-state index in [0.717, 1.165) is 9.47 Å². The fourth-order valence-electron chi connectivity index (χ4n) is 2.11. The van der Waals surface area contributed by atoms with Gasteiger partial charge in [0.15, 0.2) is 0 Å². The maximum absolute atomic E-state index is 12.9.